The van der Waals surface area contributed by atoms with Crippen LogP contribution in [0.5, 0.6) is 0 Å². The summed E-state index contributed by atoms with van der Waals surface area (Å²) >= 11 is 6.03. The number of likely N-dealkylation sites (tertiary alicyclic amines) is 1. The second-order valence-corrected chi connectivity index (χ2v) is 5.84. The molecule has 114 valence electrons. The summed E-state index contributed by atoms with van der Waals surface area (Å²) in [6, 6.07) is 5.41. The largest absolute Gasteiger partial charge is 0.369 e. The zero-order valence-electron chi connectivity index (χ0n) is 12.1. The van der Waals surface area contributed by atoms with Crippen molar-refractivity contribution in [1.82, 2.24) is 4.90 Å². The number of hydrogen-bond acceptors (Lipinski definition) is 3. The molecule has 0 saturated carbocycles. The van der Waals surface area contributed by atoms with E-state index in [-0.39, 0.29) is 24.3 Å². The number of rotatable bonds is 4. The van der Waals surface area contributed by atoms with Gasteiger partial charge >= 0.3 is 0 Å². The highest BCUT2D eigenvalue weighted by atomic mass is 35.5. The molecule has 1 aliphatic heterocycles. The van der Waals surface area contributed by atoms with Crippen LogP contribution in [0.4, 0.5) is 5.69 Å². The van der Waals surface area contributed by atoms with Crippen molar-refractivity contribution in [3.8, 4) is 0 Å². The van der Waals surface area contributed by atoms with E-state index in [4.69, 9.17) is 17.3 Å². The van der Waals surface area contributed by atoms with Gasteiger partial charge in [0.05, 0.1) is 12.5 Å². The minimum Gasteiger partial charge on any atom is -0.369 e. The molecule has 0 aliphatic carbocycles. The molecule has 1 atom stereocenters. The van der Waals surface area contributed by atoms with E-state index in [0.717, 1.165) is 30.6 Å². The quantitative estimate of drug-likeness (QED) is 0.890. The Morgan fingerprint density at radius 3 is 2.95 bits per heavy atom. The summed E-state index contributed by atoms with van der Waals surface area (Å²) in [5.74, 6) is -0.546. The molecular weight excluding hydrogens is 290 g/mol. The topological polar surface area (TPSA) is 75.4 Å². The summed E-state index contributed by atoms with van der Waals surface area (Å²) < 4.78 is 0. The second-order valence-electron chi connectivity index (χ2n) is 5.44. The summed E-state index contributed by atoms with van der Waals surface area (Å²) in [6.07, 6.45) is 1.69. The molecule has 0 aromatic heterocycles. The predicted molar refractivity (Wildman–Crippen MR) is 83.2 cm³/mol. The van der Waals surface area contributed by atoms with Gasteiger partial charge < -0.3 is 11.1 Å². The van der Waals surface area contributed by atoms with Gasteiger partial charge in [-0.25, -0.2) is 0 Å². The van der Waals surface area contributed by atoms with E-state index >= 15 is 0 Å². The van der Waals surface area contributed by atoms with Crippen molar-refractivity contribution >= 4 is 29.1 Å². The predicted octanol–water partition coefficient (Wildman–Crippen LogP) is 1.78. The molecule has 1 saturated heterocycles. The van der Waals surface area contributed by atoms with E-state index in [1.54, 1.807) is 12.1 Å². The van der Waals surface area contributed by atoms with Crippen molar-refractivity contribution in [2.24, 2.45) is 11.7 Å². The Morgan fingerprint density at radius 2 is 2.24 bits per heavy atom. The monoisotopic (exact) mass is 309 g/mol. The molecule has 5 nitrogen and oxygen atoms in total. The maximum absolute atomic E-state index is 12.1. The Balaban J connectivity index is 1.92. The highest BCUT2D eigenvalue weighted by molar-refractivity contribution is 6.31. The van der Waals surface area contributed by atoms with Crippen molar-refractivity contribution in [1.29, 1.82) is 0 Å². The summed E-state index contributed by atoms with van der Waals surface area (Å²) in [5.41, 5.74) is 6.91. The maximum atomic E-state index is 12.1. The number of benzene rings is 1. The first-order chi connectivity index (χ1) is 9.97. The van der Waals surface area contributed by atoms with Crippen LogP contribution in [-0.2, 0) is 9.59 Å². The molecule has 0 bridgehead atoms. The number of halogens is 1. The number of piperidine rings is 1. The van der Waals surface area contributed by atoms with Crippen LogP contribution < -0.4 is 11.1 Å². The molecule has 6 heteroatoms. The first kappa shape index (κ1) is 15.8. The molecule has 0 unspecified atom stereocenters. The van der Waals surface area contributed by atoms with Crippen molar-refractivity contribution < 1.29 is 9.59 Å². The zero-order chi connectivity index (χ0) is 15.4. The lowest BCUT2D eigenvalue weighted by molar-refractivity contribution is -0.125. The molecule has 1 aromatic carbocycles. The van der Waals surface area contributed by atoms with Gasteiger partial charge in [-0.15, -0.1) is 0 Å². The third-order valence-electron chi connectivity index (χ3n) is 3.82. The number of carbonyl (C=O) groups is 2. The Labute approximate surface area is 129 Å². The third-order valence-corrected chi connectivity index (χ3v) is 4.23. The van der Waals surface area contributed by atoms with Gasteiger partial charge in [-0.2, -0.15) is 0 Å². The van der Waals surface area contributed by atoms with Gasteiger partial charge in [-0.05, 0) is 44.0 Å². The summed E-state index contributed by atoms with van der Waals surface area (Å²) in [6.45, 7) is 3.49. The lowest BCUT2D eigenvalue weighted by Gasteiger charge is -2.30. The van der Waals surface area contributed by atoms with Crippen LogP contribution in [0.25, 0.3) is 0 Å². The Bertz CT molecular complexity index is 548. The number of primary amides is 1. The van der Waals surface area contributed by atoms with Gasteiger partial charge in [-0.1, -0.05) is 17.7 Å². The average Bonchev–Trinajstić information content (AvgIpc) is 2.44. The van der Waals surface area contributed by atoms with Crippen LogP contribution in [0.1, 0.15) is 18.4 Å². The molecule has 1 fully saturated rings. The first-order valence-electron chi connectivity index (χ1n) is 7.04. The van der Waals surface area contributed by atoms with Gasteiger partial charge in [0, 0.05) is 17.3 Å². The number of nitrogens with two attached hydrogens (primary N) is 1. The number of nitrogens with zero attached hydrogens (tertiary/aromatic N) is 1. The normalized spacial score (nSPS) is 19.2. The Morgan fingerprint density at radius 1 is 1.48 bits per heavy atom. The fourth-order valence-electron chi connectivity index (χ4n) is 2.57. The lowest BCUT2D eigenvalue weighted by Crippen LogP contribution is -2.44. The van der Waals surface area contributed by atoms with Crippen LogP contribution >= 0.6 is 11.6 Å². The van der Waals surface area contributed by atoms with Crippen molar-refractivity contribution in [2.45, 2.75) is 19.8 Å². The molecule has 2 amide bonds. The minimum atomic E-state index is -0.286. The molecule has 3 N–H and O–H groups in total. The molecule has 0 spiro atoms. The van der Waals surface area contributed by atoms with Crippen LogP contribution in [0.2, 0.25) is 5.02 Å². The highest BCUT2D eigenvalue weighted by Crippen LogP contribution is 2.23. The van der Waals surface area contributed by atoms with E-state index in [9.17, 15) is 9.59 Å². The molecular formula is C15H20ClN3O2. The molecule has 1 aliphatic rings. The second kappa shape index (κ2) is 6.91. The standard InChI is InChI=1S/C15H20ClN3O2/c1-10-12(16)5-2-6-13(10)18-14(20)9-19-7-3-4-11(8-19)15(17)21/h2,5-6,11H,3-4,7-9H2,1H3,(H2,17,21)(H,18,20)/t11-/m1/s1. The Kier molecular flexibility index (Phi) is 5.20. The fraction of sp³-hybridized carbons (Fsp3) is 0.467. The smallest absolute Gasteiger partial charge is 0.238 e. The van der Waals surface area contributed by atoms with Gasteiger partial charge in [0.15, 0.2) is 0 Å². The number of amides is 2. The number of anilines is 1. The van der Waals surface area contributed by atoms with Crippen molar-refractivity contribution in [3.05, 3.63) is 28.8 Å². The molecule has 0 radical (unpaired) electrons. The summed E-state index contributed by atoms with van der Waals surface area (Å²) in [5, 5.41) is 3.49. The lowest BCUT2D eigenvalue weighted by atomic mass is 9.97. The number of hydrogen-bond donors (Lipinski definition) is 2. The van der Waals surface area contributed by atoms with Crippen molar-refractivity contribution in [3.63, 3.8) is 0 Å². The van der Waals surface area contributed by atoms with E-state index in [1.807, 2.05) is 17.9 Å². The zero-order valence-corrected chi connectivity index (χ0v) is 12.8. The van der Waals surface area contributed by atoms with Gasteiger partial charge in [0.2, 0.25) is 11.8 Å². The summed E-state index contributed by atoms with van der Waals surface area (Å²) in [7, 11) is 0. The summed E-state index contributed by atoms with van der Waals surface area (Å²) in [4.78, 5) is 25.3. The van der Waals surface area contributed by atoms with Gasteiger partial charge in [0.25, 0.3) is 0 Å². The first-order valence-corrected chi connectivity index (χ1v) is 7.42. The van der Waals surface area contributed by atoms with Gasteiger partial charge in [0.1, 0.15) is 0 Å². The van der Waals surface area contributed by atoms with Gasteiger partial charge in [-0.3, -0.25) is 14.5 Å². The average molecular weight is 310 g/mol. The number of carbonyl (C=O) groups excluding carboxylic acids is 2. The highest BCUT2D eigenvalue weighted by Gasteiger charge is 2.25. The van der Waals surface area contributed by atoms with Crippen LogP contribution in [-0.4, -0.2) is 36.3 Å². The van der Waals surface area contributed by atoms with Crippen molar-refractivity contribution in [2.75, 3.05) is 25.0 Å². The molecule has 1 heterocycles. The number of nitrogens with one attached hydrogen (secondary N) is 1. The van der Waals surface area contributed by atoms with E-state index in [0.29, 0.717) is 11.6 Å². The Hall–Kier alpha value is -1.59. The molecule has 21 heavy (non-hydrogen) atoms. The molecule has 1 aromatic rings. The van der Waals surface area contributed by atoms with Crippen LogP contribution in [0, 0.1) is 12.8 Å². The maximum Gasteiger partial charge on any atom is 0.238 e. The van der Waals surface area contributed by atoms with E-state index < -0.39 is 0 Å². The van der Waals surface area contributed by atoms with E-state index in [2.05, 4.69) is 5.32 Å². The van der Waals surface area contributed by atoms with Crippen LogP contribution in [0.3, 0.4) is 0 Å². The van der Waals surface area contributed by atoms with E-state index in [1.165, 1.54) is 0 Å². The molecule has 2 rings (SSSR count). The fourth-order valence-corrected chi connectivity index (χ4v) is 2.74. The van der Waals surface area contributed by atoms with Crippen LogP contribution in [0.15, 0.2) is 18.2 Å². The third kappa shape index (κ3) is 4.19. The minimum absolute atomic E-state index is 0.106. The SMILES string of the molecule is Cc1c(Cl)cccc1NC(=O)CN1CCC[C@@H](C(N)=O)C1.